The van der Waals surface area contributed by atoms with Crippen molar-refractivity contribution in [2.24, 2.45) is 0 Å². The van der Waals surface area contributed by atoms with Crippen molar-refractivity contribution >= 4 is 19.7 Å². The van der Waals surface area contributed by atoms with E-state index in [2.05, 4.69) is 14.2 Å². The summed E-state index contributed by atoms with van der Waals surface area (Å²) in [6.07, 6.45) is 0. The van der Waals surface area contributed by atoms with Gasteiger partial charge >= 0.3 is 0 Å². The molecule has 0 aliphatic heterocycles. The molecule has 0 aliphatic carbocycles. The minimum absolute atomic E-state index is 0.0577. The lowest BCUT2D eigenvalue weighted by Gasteiger charge is -2.06. The molecule has 0 amide bonds. The Morgan fingerprint density at radius 3 is 1.41 bits per heavy atom. The van der Waals surface area contributed by atoms with Gasteiger partial charge in [0.15, 0.2) is 19.7 Å². The summed E-state index contributed by atoms with van der Waals surface area (Å²) in [4.78, 5) is 0. The van der Waals surface area contributed by atoms with Gasteiger partial charge in [-0.2, -0.15) is 0 Å². The van der Waals surface area contributed by atoms with Crippen molar-refractivity contribution in [3.05, 3.63) is 0 Å². The Labute approximate surface area is 102 Å². The van der Waals surface area contributed by atoms with Gasteiger partial charge in [-0.25, -0.2) is 16.8 Å². The van der Waals surface area contributed by atoms with Crippen LogP contribution in [0.3, 0.4) is 0 Å². The molecule has 104 valence electrons. The van der Waals surface area contributed by atoms with Crippen molar-refractivity contribution in [1.82, 2.24) is 0 Å². The van der Waals surface area contributed by atoms with E-state index in [1.54, 1.807) is 0 Å². The summed E-state index contributed by atoms with van der Waals surface area (Å²) in [5, 5.41) is 0. The maximum Gasteiger partial charge on any atom is 0.176 e. The third-order valence-corrected chi connectivity index (χ3v) is 4.35. The zero-order chi connectivity index (χ0) is 13.4. The summed E-state index contributed by atoms with van der Waals surface area (Å²) in [5.41, 5.74) is 0. The van der Waals surface area contributed by atoms with E-state index in [-0.39, 0.29) is 24.7 Å². The molecule has 9 heteroatoms. The average Bonchev–Trinajstić information content (AvgIpc) is 2.23. The quantitative estimate of drug-likeness (QED) is 0.511. The molecule has 0 aromatic heterocycles. The van der Waals surface area contributed by atoms with E-state index >= 15 is 0 Å². The summed E-state index contributed by atoms with van der Waals surface area (Å²) in [6, 6.07) is 0. The molecule has 0 unspecified atom stereocenters. The first-order chi connectivity index (χ1) is 7.83. The lowest BCUT2D eigenvalue weighted by Crippen LogP contribution is -2.22. The minimum atomic E-state index is -3.43. The molecule has 0 aliphatic rings. The number of hydrogen-bond donors (Lipinski definition) is 0. The van der Waals surface area contributed by atoms with E-state index in [0.717, 1.165) is 0 Å². The van der Waals surface area contributed by atoms with Gasteiger partial charge in [0.25, 0.3) is 0 Å². The fourth-order valence-corrected chi connectivity index (χ4v) is 2.68. The second-order valence-corrected chi connectivity index (χ2v) is 7.58. The molecular formula is C8H18O7S2. The van der Waals surface area contributed by atoms with Crippen LogP contribution >= 0.6 is 0 Å². The van der Waals surface area contributed by atoms with Gasteiger partial charge in [0.1, 0.15) is 11.9 Å². The molecule has 0 N–H and O–H groups in total. The second kappa shape index (κ2) is 7.98. The van der Waals surface area contributed by atoms with Crippen LogP contribution in [0.1, 0.15) is 0 Å². The van der Waals surface area contributed by atoms with Crippen molar-refractivity contribution < 1.29 is 31.0 Å². The largest absolute Gasteiger partial charge is 0.384 e. The Bertz CT molecular complexity index is 346. The molecule has 0 spiro atoms. The average molecular weight is 290 g/mol. The molecule has 0 atom stereocenters. The summed E-state index contributed by atoms with van der Waals surface area (Å²) >= 11 is 0. The summed E-state index contributed by atoms with van der Waals surface area (Å²) in [5.74, 6) is -1.63. The van der Waals surface area contributed by atoms with Gasteiger partial charge in [0, 0.05) is 14.2 Å². The molecular weight excluding hydrogens is 272 g/mol. The van der Waals surface area contributed by atoms with Crippen LogP contribution in [0.15, 0.2) is 0 Å². The van der Waals surface area contributed by atoms with Gasteiger partial charge in [-0.05, 0) is 0 Å². The molecule has 0 saturated heterocycles. The Hall–Kier alpha value is -0.220. The molecule has 0 bridgehead atoms. The Balaban J connectivity index is 3.98. The molecule has 0 radical (unpaired) electrons. The topological polar surface area (TPSA) is 96.0 Å². The number of rotatable bonds is 10. The Morgan fingerprint density at radius 2 is 1.12 bits per heavy atom. The molecule has 0 aromatic carbocycles. The lowest BCUT2D eigenvalue weighted by molar-refractivity contribution is 0.205. The molecule has 0 aromatic rings. The van der Waals surface area contributed by atoms with Crippen LogP contribution in [-0.2, 0) is 33.9 Å². The van der Waals surface area contributed by atoms with E-state index in [1.807, 2.05) is 0 Å². The third kappa shape index (κ3) is 9.48. The van der Waals surface area contributed by atoms with Gasteiger partial charge in [-0.3, -0.25) is 0 Å². The summed E-state index contributed by atoms with van der Waals surface area (Å²) in [6.45, 7) is 0.115. The van der Waals surface area contributed by atoms with E-state index < -0.39 is 31.6 Å². The van der Waals surface area contributed by atoms with Crippen molar-refractivity contribution in [3.8, 4) is 0 Å². The van der Waals surface area contributed by atoms with Crippen LogP contribution in [0.25, 0.3) is 0 Å². The number of methoxy groups -OCH3 is 2. The first-order valence-corrected chi connectivity index (χ1v) is 8.44. The molecule has 0 fully saturated rings. The molecule has 17 heavy (non-hydrogen) atoms. The fourth-order valence-electron chi connectivity index (χ4n) is 0.826. The predicted octanol–water partition coefficient (Wildman–Crippen LogP) is -0.960. The second-order valence-electron chi connectivity index (χ2n) is 3.32. The standard InChI is InChI=1S/C8H18O7S2/c1-13-3-5-16(9,10)7-15-8-17(11,12)6-4-14-2/h3-8H2,1-2H3. The van der Waals surface area contributed by atoms with Crippen LogP contribution < -0.4 is 0 Å². The van der Waals surface area contributed by atoms with Crippen molar-refractivity contribution in [3.63, 3.8) is 0 Å². The van der Waals surface area contributed by atoms with Crippen LogP contribution in [0.2, 0.25) is 0 Å². The fraction of sp³-hybridized carbons (Fsp3) is 1.00. The van der Waals surface area contributed by atoms with Gasteiger partial charge in [-0.1, -0.05) is 0 Å². The first-order valence-electron chi connectivity index (χ1n) is 4.79. The Kier molecular flexibility index (Phi) is 7.88. The van der Waals surface area contributed by atoms with Gasteiger partial charge in [0.05, 0.1) is 24.7 Å². The van der Waals surface area contributed by atoms with Crippen molar-refractivity contribution in [2.45, 2.75) is 0 Å². The van der Waals surface area contributed by atoms with Crippen molar-refractivity contribution in [2.75, 3.05) is 50.8 Å². The van der Waals surface area contributed by atoms with Crippen LogP contribution in [0.4, 0.5) is 0 Å². The van der Waals surface area contributed by atoms with Crippen LogP contribution in [-0.4, -0.2) is 67.7 Å². The predicted molar refractivity (Wildman–Crippen MR) is 62.1 cm³/mol. The smallest absolute Gasteiger partial charge is 0.176 e. The zero-order valence-corrected chi connectivity index (χ0v) is 11.5. The number of sulfone groups is 2. The minimum Gasteiger partial charge on any atom is -0.384 e. The highest BCUT2D eigenvalue weighted by Gasteiger charge is 2.15. The number of ether oxygens (including phenoxy) is 3. The van der Waals surface area contributed by atoms with Crippen LogP contribution in [0, 0.1) is 0 Å². The first kappa shape index (κ1) is 16.8. The maximum atomic E-state index is 11.3. The van der Waals surface area contributed by atoms with E-state index in [0.29, 0.717) is 0 Å². The highest BCUT2D eigenvalue weighted by molar-refractivity contribution is 7.92. The van der Waals surface area contributed by atoms with Gasteiger partial charge in [0.2, 0.25) is 0 Å². The monoisotopic (exact) mass is 290 g/mol. The van der Waals surface area contributed by atoms with Gasteiger partial charge in [-0.15, -0.1) is 0 Å². The van der Waals surface area contributed by atoms with E-state index in [4.69, 9.17) is 0 Å². The zero-order valence-electron chi connectivity index (χ0n) is 9.92. The Morgan fingerprint density at radius 1 is 0.765 bits per heavy atom. The highest BCUT2D eigenvalue weighted by atomic mass is 32.2. The van der Waals surface area contributed by atoms with E-state index in [1.165, 1.54) is 14.2 Å². The third-order valence-electron chi connectivity index (χ3n) is 1.72. The van der Waals surface area contributed by atoms with E-state index in [9.17, 15) is 16.8 Å². The van der Waals surface area contributed by atoms with Crippen molar-refractivity contribution in [1.29, 1.82) is 0 Å². The molecule has 7 nitrogen and oxygen atoms in total. The highest BCUT2D eigenvalue weighted by Crippen LogP contribution is 1.97. The summed E-state index contributed by atoms with van der Waals surface area (Å²) in [7, 11) is -4.10. The number of hydrogen-bond acceptors (Lipinski definition) is 7. The molecule has 0 saturated carbocycles. The SMILES string of the molecule is COCCS(=O)(=O)COCS(=O)(=O)CCOC. The molecule has 0 heterocycles. The lowest BCUT2D eigenvalue weighted by atomic mass is 10.9. The van der Waals surface area contributed by atoms with Gasteiger partial charge < -0.3 is 14.2 Å². The normalized spacial score (nSPS) is 12.8. The summed E-state index contributed by atoms with van der Waals surface area (Å²) < 4.78 is 58.9. The van der Waals surface area contributed by atoms with Crippen LogP contribution in [0.5, 0.6) is 0 Å². The maximum absolute atomic E-state index is 11.3. The molecule has 0 rings (SSSR count).